The molecule has 0 saturated heterocycles. The molecular weight excluding hydrogens is 280 g/mol. The van der Waals surface area contributed by atoms with Crippen molar-refractivity contribution in [3.8, 4) is 0 Å². The van der Waals surface area contributed by atoms with Crippen molar-refractivity contribution in [1.82, 2.24) is 5.32 Å². The zero-order chi connectivity index (χ0) is 12.8. The molecule has 0 bridgehead atoms. The van der Waals surface area contributed by atoms with E-state index in [1.54, 1.807) is 0 Å². The van der Waals surface area contributed by atoms with Crippen LogP contribution in [-0.2, 0) is 4.79 Å². The second-order valence-electron chi connectivity index (χ2n) is 4.20. The van der Waals surface area contributed by atoms with Crippen LogP contribution in [0.3, 0.4) is 0 Å². The number of aryl methyl sites for hydroxylation is 1. The molecule has 0 aliphatic carbocycles. The molecular formula is C13H19BrN2O. The predicted molar refractivity (Wildman–Crippen MR) is 75.3 cm³/mol. The molecule has 0 fully saturated rings. The lowest BCUT2D eigenvalue weighted by Crippen LogP contribution is -2.33. The summed E-state index contributed by atoms with van der Waals surface area (Å²) in [6.45, 7) is 6.51. The summed E-state index contributed by atoms with van der Waals surface area (Å²) in [4.78, 5) is 11.6. The molecule has 0 spiro atoms. The van der Waals surface area contributed by atoms with Gasteiger partial charge in [0.1, 0.15) is 0 Å². The van der Waals surface area contributed by atoms with Crippen molar-refractivity contribution in [2.24, 2.45) is 0 Å². The van der Waals surface area contributed by atoms with Crippen molar-refractivity contribution < 1.29 is 4.79 Å². The lowest BCUT2D eigenvalue weighted by atomic mass is 10.2. The van der Waals surface area contributed by atoms with Crippen molar-refractivity contribution in [2.45, 2.75) is 33.2 Å². The average molecular weight is 299 g/mol. The lowest BCUT2D eigenvalue weighted by molar-refractivity contribution is -0.115. The smallest absolute Gasteiger partial charge is 0.238 e. The maximum Gasteiger partial charge on any atom is 0.238 e. The fourth-order valence-electron chi connectivity index (χ4n) is 1.34. The third-order valence-corrected chi connectivity index (χ3v) is 3.55. The Hall–Kier alpha value is -0.870. The quantitative estimate of drug-likeness (QED) is 0.877. The highest BCUT2D eigenvalue weighted by molar-refractivity contribution is 9.10. The highest BCUT2D eigenvalue weighted by Gasteiger charge is 2.05. The van der Waals surface area contributed by atoms with Crippen LogP contribution in [0.1, 0.15) is 25.8 Å². The third-order valence-electron chi connectivity index (χ3n) is 2.67. The molecule has 0 heterocycles. The molecule has 0 aliphatic rings. The molecule has 4 heteroatoms. The van der Waals surface area contributed by atoms with E-state index >= 15 is 0 Å². The van der Waals surface area contributed by atoms with Gasteiger partial charge in [0.15, 0.2) is 0 Å². The summed E-state index contributed by atoms with van der Waals surface area (Å²) in [7, 11) is 0. The van der Waals surface area contributed by atoms with E-state index in [2.05, 4.69) is 40.4 Å². The summed E-state index contributed by atoms with van der Waals surface area (Å²) in [5.74, 6) is -0.00739. The first-order valence-electron chi connectivity index (χ1n) is 5.82. The zero-order valence-corrected chi connectivity index (χ0v) is 12.1. The second kappa shape index (κ2) is 6.77. The first-order valence-corrected chi connectivity index (χ1v) is 6.61. The maximum atomic E-state index is 11.6. The number of benzene rings is 1. The average Bonchev–Trinajstić information content (AvgIpc) is 2.31. The molecule has 17 heavy (non-hydrogen) atoms. The summed E-state index contributed by atoms with van der Waals surface area (Å²) in [6.07, 6.45) is 1.02. The minimum Gasteiger partial charge on any atom is -0.325 e. The molecule has 1 unspecified atom stereocenters. The molecule has 3 nitrogen and oxygen atoms in total. The van der Waals surface area contributed by atoms with Gasteiger partial charge in [-0.2, -0.15) is 0 Å². The second-order valence-corrected chi connectivity index (χ2v) is 5.06. The van der Waals surface area contributed by atoms with Gasteiger partial charge >= 0.3 is 0 Å². The normalized spacial score (nSPS) is 12.2. The van der Waals surface area contributed by atoms with E-state index in [-0.39, 0.29) is 5.91 Å². The van der Waals surface area contributed by atoms with Crippen LogP contribution in [0.15, 0.2) is 22.7 Å². The van der Waals surface area contributed by atoms with Crippen molar-refractivity contribution in [2.75, 3.05) is 11.9 Å². The molecule has 1 atom stereocenters. The Bertz CT molecular complexity index is 393. The Morgan fingerprint density at radius 3 is 2.76 bits per heavy atom. The molecule has 1 rings (SSSR count). The summed E-state index contributed by atoms with van der Waals surface area (Å²) >= 11 is 3.43. The first kappa shape index (κ1) is 14.2. The molecule has 1 aromatic carbocycles. The Morgan fingerprint density at radius 2 is 2.18 bits per heavy atom. The fourth-order valence-corrected chi connectivity index (χ4v) is 1.59. The summed E-state index contributed by atoms with van der Waals surface area (Å²) in [6, 6.07) is 6.14. The monoisotopic (exact) mass is 298 g/mol. The molecule has 0 saturated carbocycles. The first-order chi connectivity index (χ1) is 8.02. The van der Waals surface area contributed by atoms with E-state index < -0.39 is 0 Å². The van der Waals surface area contributed by atoms with Crippen LogP contribution in [0.25, 0.3) is 0 Å². The van der Waals surface area contributed by atoms with Gasteiger partial charge in [-0.15, -0.1) is 0 Å². The van der Waals surface area contributed by atoms with E-state index in [9.17, 15) is 4.79 Å². The number of hydrogen-bond donors (Lipinski definition) is 2. The third kappa shape index (κ3) is 4.88. The number of carbonyl (C=O) groups is 1. The molecule has 1 aromatic rings. The van der Waals surface area contributed by atoms with Crippen molar-refractivity contribution in [1.29, 1.82) is 0 Å². The Balaban J connectivity index is 2.48. The Kier molecular flexibility index (Phi) is 5.65. The Labute approximate surface area is 111 Å². The summed E-state index contributed by atoms with van der Waals surface area (Å²) in [5.41, 5.74) is 1.94. The molecule has 1 amide bonds. The van der Waals surface area contributed by atoms with Crippen LogP contribution in [0.5, 0.6) is 0 Å². The van der Waals surface area contributed by atoms with Crippen LogP contribution in [0, 0.1) is 6.92 Å². The lowest BCUT2D eigenvalue weighted by Gasteiger charge is -2.11. The van der Waals surface area contributed by atoms with Crippen LogP contribution >= 0.6 is 15.9 Å². The van der Waals surface area contributed by atoms with Crippen LogP contribution in [-0.4, -0.2) is 18.5 Å². The maximum absolute atomic E-state index is 11.6. The predicted octanol–water partition coefficient (Wildman–Crippen LogP) is 3.08. The number of amides is 1. The van der Waals surface area contributed by atoms with Gasteiger partial charge < -0.3 is 10.6 Å². The Morgan fingerprint density at radius 1 is 1.47 bits per heavy atom. The van der Waals surface area contributed by atoms with Gasteiger partial charge in [0.2, 0.25) is 5.91 Å². The van der Waals surface area contributed by atoms with Crippen LogP contribution in [0.2, 0.25) is 0 Å². The van der Waals surface area contributed by atoms with Crippen LogP contribution < -0.4 is 10.6 Å². The standard InChI is InChI=1S/C13H19BrN2O/c1-4-10(3)15-8-13(17)16-11-5-6-12(14)9(2)7-11/h5-7,10,15H,4,8H2,1-3H3,(H,16,17). The zero-order valence-electron chi connectivity index (χ0n) is 10.5. The van der Waals surface area contributed by atoms with Gasteiger partial charge in [0.25, 0.3) is 0 Å². The summed E-state index contributed by atoms with van der Waals surface area (Å²) < 4.78 is 1.05. The van der Waals surface area contributed by atoms with E-state index in [1.807, 2.05) is 25.1 Å². The minimum atomic E-state index is -0.00739. The van der Waals surface area contributed by atoms with Crippen molar-refractivity contribution >= 4 is 27.5 Å². The van der Waals surface area contributed by atoms with Gasteiger partial charge in [0, 0.05) is 16.2 Å². The van der Waals surface area contributed by atoms with Crippen molar-refractivity contribution in [3.05, 3.63) is 28.2 Å². The number of hydrogen-bond acceptors (Lipinski definition) is 2. The van der Waals surface area contributed by atoms with E-state index in [1.165, 1.54) is 0 Å². The van der Waals surface area contributed by atoms with Crippen molar-refractivity contribution in [3.63, 3.8) is 0 Å². The molecule has 2 N–H and O–H groups in total. The minimum absolute atomic E-state index is 0.00739. The number of halogens is 1. The van der Waals surface area contributed by atoms with Gasteiger partial charge in [0.05, 0.1) is 6.54 Å². The van der Waals surface area contributed by atoms with Gasteiger partial charge in [-0.25, -0.2) is 0 Å². The highest BCUT2D eigenvalue weighted by Crippen LogP contribution is 2.19. The largest absolute Gasteiger partial charge is 0.325 e. The molecule has 0 aromatic heterocycles. The highest BCUT2D eigenvalue weighted by atomic mass is 79.9. The number of anilines is 1. The molecule has 0 radical (unpaired) electrons. The SMILES string of the molecule is CCC(C)NCC(=O)Nc1ccc(Br)c(C)c1. The fraction of sp³-hybridized carbons (Fsp3) is 0.462. The van der Waals surface area contributed by atoms with Gasteiger partial charge in [-0.1, -0.05) is 22.9 Å². The van der Waals surface area contributed by atoms with E-state index in [4.69, 9.17) is 0 Å². The van der Waals surface area contributed by atoms with Crippen LogP contribution in [0.4, 0.5) is 5.69 Å². The number of rotatable bonds is 5. The van der Waals surface area contributed by atoms with E-state index in [0.717, 1.165) is 22.1 Å². The topological polar surface area (TPSA) is 41.1 Å². The number of carbonyl (C=O) groups excluding carboxylic acids is 1. The molecule has 0 aliphatic heterocycles. The van der Waals surface area contributed by atoms with Gasteiger partial charge in [-0.3, -0.25) is 4.79 Å². The van der Waals surface area contributed by atoms with E-state index in [0.29, 0.717) is 12.6 Å². The molecule has 94 valence electrons. The van der Waals surface area contributed by atoms with Gasteiger partial charge in [-0.05, 0) is 44.0 Å². The number of nitrogens with one attached hydrogen (secondary N) is 2. The summed E-state index contributed by atoms with van der Waals surface area (Å²) in [5, 5.41) is 6.02.